The molecule has 27 heavy (non-hydrogen) atoms. The zero-order valence-corrected chi connectivity index (χ0v) is 18.3. The van der Waals surface area contributed by atoms with Crippen LogP contribution < -0.4 is 5.32 Å². The van der Waals surface area contributed by atoms with Crippen molar-refractivity contribution in [3.8, 4) is 6.07 Å². The van der Waals surface area contributed by atoms with Crippen molar-refractivity contribution in [2.75, 3.05) is 6.54 Å². The Hall–Kier alpha value is -1.80. The highest BCUT2D eigenvalue weighted by Gasteiger charge is 2.24. The number of nitriles is 1. The third-order valence-electron chi connectivity index (χ3n) is 3.87. The third kappa shape index (κ3) is 7.76. The van der Waals surface area contributed by atoms with Crippen molar-refractivity contribution in [3.05, 3.63) is 53.2 Å². The predicted octanol–water partition coefficient (Wildman–Crippen LogP) is 6.96. The molecule has 1 unspecified atom stereocenters. The number of hydrogen-bond donors (Lipinski definition) is 1. The van der Waals surface area contributed by atoms with E-state index in [-0.39, 0.29) is 10.8 Å². The summed E-state index contributed by atoms with van der Waals surface area (Å²) in [6, 6.07) is 8.44. The largest absolute Gasteiger partial charge is 0.377 e. The first-order chi connectivity index (χ1) is 12.6. The second-order valence-electron chi connectivity index (χ2n) is 6.37. The molecule has 0 aliphatic heterocycles. The predicted molar refractivity (Wildman–Crippen MR) is 115 cm³/mol. The molecular formula is C22H32F2N2S. The summed E-state index contributed by atoms with van der Waals surface area (Å²) >= 11 is 1.57. The minimum absolute atomic E-state index is 0.00977. The van der Waals surface area contributed by atoms with Crippen LogP contribution in [0.25, 0.3) is 4.91 Å². The quantitative estimate of drug-likeness (QED) is 0.484. The average molecular weight is 395 g/mol. The molecule has 1 aromatic carbocycles. The van der Waals surface area contributed by atoms with Gasteiger partial charge in [0.25, 0.3) is 5.92 Å². The lowest BCUT2D eigenvalue weighted by molar-refractivity contribution is 0.0175. The maximum Gasteiger partial charge on any atom is 0.270 e. The molecule has 2 nitrogen and oxygen atoms in total. The second kappa shape index (κ2) is 11.8. The number of nitrogens with one attached hydrogen (secondary N) is 1. The van der Waals surface area contributed by atoms with Gasteiger partial charge in [-0.2, -0.15) is 5.26 Å². The Morgan fingerprint density at radius 1 is 1.26 bits per heavy atom. The SMILES string of the molecule is C=C(SC(/C(C)=C(\C#N)NCC)C(C)C)c1ccc(C(C)(F)F)cc1.CC. The van der Waals surface area contributed by atoms with Crippen molar-refractivity contribution in [1.82, 2.24) is 5.32 Å². The van der Waals surface area contributed by atoms with Crippen LogP contribution in [0.4, 0.5) is 8.78 Å². The van der Waals surface area contributed by atoms with Gasteiger partial charge in [0.1, 0.15) is 11.8 Å². The molecule has 5 heteroatoms. The molecule has 0 fully saturated rings. The van der Waals surface area contributed by atoms with E-state index in [4.69, 9.17) is 0 Å². The Balaban J connectivity index is 0.00000326. The van der Waals surface area contributed by atoms with Gasteiger partial charge in [0.2, 0.25) is 0 Å². The summed E-state index contributed by atoms with van der Waals surface area (Å²) in [4.78, 5) is 0.804. The minimum Gasteiger partial charge on any atom is -0.377 e. The van der Waals surface area contributed by atoms with Gasteiger partial charge in [-0.25, -0.2) is 8.78 Å². The summed E-state index contributed by atoms with van der Waals surface area (Å²) < 4.78 is 26.7. The number of halogens is 2. The zero-order chi connectivity index (χ0) is 21.2. The first-order valence-electron chi connectivity index (χ1n) is 9.30. The third-order valence-corrected chi connectivity index (χ3v) is 5.55. The van der Waals surface area contributed by atoms with E-state index in [2.05, 4.69) is 31.8 Å². The highest BCUT2D eigenvalue weighted by Crippen LogP contribution is 2.38. The van der Waals surface area contributed by atoms with Gasteiger partial charge in [-0.3, -0.25) is 0 Å². The highest BCUT2D eigenvalue weighted by molar-refractivity contribution is 8.09. The molecule has 0 heterocycles. The fourth-order valence-electron chi connectivity index (χ4n) is 2.48. The normalized spacial score (nSPS) is 13.1. The summed E-state index contributed by atoms with van der Waals surface area (Å²) in [6.07, 6.45) is 0. The lowest BCUT2D eigenvalue weighted by Gasteiger charge is -2.24. The summed E-state index contributed by atoms with van der Waals surface area (Å²) in [5.74, 6) is -2.55. The van der Waals surface area contributed by atoms with E-state index >= 15 is 0 Å². The first-order valence-corrected chi connectivity index (χ1v) is 10.2. The van der Waals surface area contributed by atoms with Crippen molar-refractivity contribution in [1.29, 1.82) is 5.26 Å². The molecule has 0 radical (unpaired) electrons. The van der Waals surface area contributed by atoms with Gasteiger partial charge >= 0.3 is 0 Å². The maximum atomic E-state index is 13.3. The van der Waals surface area contributed by atoms with Crippen molar-refractivity contribution >= 4 is 16.7 Å². The Bertz CT molecular complexity index is 665. The van der Waals surface area contributed by atoms with E-state index in [1.807, 2.05) is 27.7 Å². The summed E-state index contributed by atoms with van der Waals surface area (Å²) in [6.45, 7) is 17.8. The molecule has 0 aromatic heterocycles. The van der Waals surface area contributed by atoms with Crippen molar-refractivity contribution in [2.45, 2.75) is 59.6 Å². The van der Waals surface area contributed by atoms with Crippen LogP contribution in [0.3, 0.4) is 0 Å². The number of allylic oxidation sites excluding steroid dienone is 1. The fraction of sp³-hybridized carbons (Fsp3) is 0.500. The van der Waals surface area contributed by atoms with Gasteiger partial charge in [-0.15, -0.1) is 11.8 Å². The number of hydrogen-bond acceptors (Lipinski definition) is 3. The number of thioether (sulfide) groups is 1. The maximum absolute atomic E-state index is 13.3. The van der Waals surface area contributed by atoms with Crippen LogP contribution in [-0.4, -0.2) is 11.8 Å². The van der Waals surface area contributed by atoms with Gasteiger partial charge < -0.3 is 5.32 Å². The van der Waals surface area contributed by atoms with Crippen LogP contribution in [-0.2, 0) is 5.92 Å². The van der Waals surface area contributed by atoms with E-state index < -0.39 is 5.92 Å². The van der Waals surface area contributed by atoms with Gasteiger partial charge in [0.15, 0.2) is 0 Å². The molecule has 1 rings (SSSR count). The van der Waals surface area contributed by atoms with Crippen LogP contribution in [0.5, 0.6) is 0 Å². The molecule has 1 aromatic rings. The van der Waals surface area contributed by atoms with Gasteiger partial charge in [0.05, 0.1) is 0 Å². The molecule has 150 valence electrons. The van der Waals surface area contributed by atoms with Crippen LogP contribution in [0.1, 0.15) is 59.6 Å². The molecule has 0 amide bonds. The molecule has 0 bridgehead atoms. The highest BCUT2D eigenvalue weighted by atomic mass is 32.2. The van der Waals surface area contributed by atoms with Gasteiger partial charge in [-0.1, -0.05) is 58.5 Å². The molecule has 0 aliphatic rings. The molecule has 1 N–H and O–H groups in total. The summed E-state index contributed by atoms with van der Waals surface area (Å²) in [7, 11) is 0. The van der Waals surface area contributed by atoms with Crippen LogP contribution >= 0.6 is 11.8 Å². The van der Waals surface area contributed by atoms with Crippen LogP contribution in [0.2, 0.25) is 0 Å². The Labute approximate surface area is 167 Å². The van der Waals surface area contributed by atoms with E-state index in [9.17, 15) is 14.0 Å². The summed E-state index contributed by atoms with van der Waals surface area (Å²) in [5.41, 5.74) is 2.37. The lowest BCUT2D eigenvalue weighted by atomic mass is 10.0. The fourth-order valence-corrected chi connectivity index (χ4v) is 3.63. The molecule has 0 saturated carbocycles. The Morgan fingerprint density at radius 2 is 1.78 bits per heavy atom. The molecule has 0 spiro atoms. The van der Waals surface area contributed by atoms with E-state index in [1.54, 1.807) is 23.9 Å². The van der Waals surface area contributed by atoms with E-state index in [1.165, 1.54) is 12.1 Å². The average Bonchev–Trinajstić information content (AvgIpc) is 2.64. The van der Waals surface area contributed by atoms with Gasteiger partial charge in [-0.05, 0) is 30.9 Å². The van der Waals surface area contributed by atoms with E-state index in [0.29, 0.717) is 18.2 Å². The number of alkyl halides is 2. The second-order valence-corrected chi connectivity index (χ2v) is 7.61. The topological polar surface area (TPSA) is 35.8 Å². The van der Waals surface area contributed by atoms with Crippen molar-refractivity contribution in [3.63, 3.8) is 0 Å². The van der Waals surface area contributed by atoms with Crippen molar-refractivity contribution in [2.24, 2.45) is 5.92 Å². The number of nitrogens with zero attached hydrogens (tertiary/aromatic N) is 1. The number of rotatable bonds is 8. The Kier molecular flexibility index (Phi) is 11.0. The van der Waals surface area contributed by atoms with Crippen LogP contribution in [0.15, 0.2) is 42.1 Å². The molecular weight excluding hydrogens is 362 g/mol. The standard InChI is InChI=1S/C20H26F2N2S.C2H6/c1-7-24-18(12-23)14(4)19(13(2)3)25-15(5)16-8-10-17(11-9-16)20(6,21)22;1-2/h8-11,13,19,24H,5,7H2,1-4,6H3;1-2H3/b18-14+;. The summed E-state index contributed by atoms with van der Waals surface area (Å²) in [5, 5.41) is 12.5. The molecule has 0 saturated heterocycles. The smallest absolute Gasteiger partial charge is 0.270 e. The number of benzene rings is 1. The van der Waals surface area contributed by atoms with E-state index in [0.717, 1.165) is 23.0 Å². The minimum atomic E-state index is -2.85. The van der Waals surface area contributed by atoms with Crippen LogP contribution in [0, 0.1) is 17.2 Å². The first kappa shape index (κ1) is 25.2. The Morgan fingerprint density at radius 3 is 2.15 bits per heavy atom. The van der Waals surface area contributed by atoms with Gasteiger partial charge in [0, 0.05) is 29.2 Å². The molecule has 0 aliphatic carbocycles. The zero-order valence-electron chi connectivity index (χ0n) is 17.5. The lowest BCUT2D eigenvalue weighted by Crippen LogP contribution is -2.20. The monoisotopic (exact) mass is 394 g/mol. The molecule has 1 atom stereocenters. The van der Waals surface area contributed by atoms with Crippen molar-refractivity contribution < 1.29 is 8.78 Å².